The maximum atomic E-state index is 9.10. The monoisotopic (exact) mass is 207 g/mol. The van der Waals surface area contributed by atoms with E-state index in [9.17, 15) is 0 Å². The van der Waals surface area contributed by atoms with Crippen LogP contribution in [0.25, 0.3) is 0 Å². The number of aliphatic hydroxyl groups is 1. The van der Waals surface area contributed by atoms with Crippen molar-refractivity contribution in [1.29, 1.82) is 0 Å². The van der Waals surface area contributed by atoms with Gasteiger partial charge in [-0.2, -0.15) is 0 Å². The molecule has 84 valence electrons. The summed E-state index contributed by atoms with van der Waals surface area (Å²) in [6.07, 6.45) is 0.599. The molecule has 0 heterocycles. The number of benzene rings is 1. The van der Waals surface area contributed by atoms with Crippen molar-refractivity contribution in [2.45, 2.75) is 39.8 Å². The van der Waals surface area contributed by atoms with Gasteiger partial charge in [0.25, 0.3) is 0 Å². The molecule has 0 aliphatic heterocycles. The third-order valence-electron chi connectivity index (χ3n) is 2.35. The molecule has 0 fully saturated rings. The second kappa shape index (κ2) is 5.89. The van der Waals surface area contributed by atoms with E-state index in [1.165, 1.54) is 16.7 Å². The van der Waals surface area contributed by atoms with Crippen LogP contribution < -0.4 is 5.32 Å². The van der Waals surface area contributed by atoms with Gasteiger partial charge < -0.3 is 10.4 Å². The van der Waals surface area contributed by atoms with Crippen LogP contribution in [0.5, 0.6) is 0 Å². The lowest BCUT2D eigenvalue weighted by Gasteiger charge is -2.08. The van der Waals surface area contributed by atoms with Crippen molar-refractivity contribution < 1.29 is 5.11 Å². The van der Waals surface area contributed by atoms with Crippen molar-refractivity contribution in [3.63, 3.8) is 0 Å². The van der Waals surface area contributed by atoms with E-state index in [1.807, 2.05) is 6.92 Å². The topological polar surface area (TPSA) is 32.3 Å². The molecular weight excluding hydrogens is 186 g/mol. The van der Waals surface area contributed by atoms with Crippen LogP contribution in [0.2, 0.25) is 0 Å². The molecule has 2 nitrogen and oxygen atoms in total. The zero-order valence-electron chi connectivity index (χ0n) is 9.88. The Kier molecular flexibility index (Phi) is 4.79. The average Bonchev–Trinajstić information content (AvgIpc) is 2.10. The normalized spacial score (nSPS) is 12.8. The van der Waals surface area contributed by atoms with Crippen LogP contribution in [0.4, 0.5) is 0 Å². The molecule has 0 amide bonds. The molecule has 0 saturated carbocycles. The molecule has 0 radical (unpaired) electrons. The lowest BCUT2D eigenvalue weighted by molar-refractivity contribution is 0.183. The zero-order chi connectivity index (χ0) is 11.3. The van der Waals surface area contributed by atoms with E-state index in [0.717, 1.165) is 19.5 Å². The number of rotatable bonds is 5. The SMILES string of the molecule is Cc1cc(C)cc(CNCC[C@H](C)O)c1. The Balaban J connectivity index is 2.37. The molecule has 0 aliphatic rings. The van der Waals surface area contributed by atoms with Gasteiger partial charge in [-0.05, 0) is 39.3 Å². The Morgan fingerprint density at radius 2 is 1.80 bits per heavy atom. The highest BCUT2D eigenvalue weighted by molar-refractivity contribution is 5.28. The van der Waals surface area contributed by atoms with E-state index in [-0.39, 0.29) is 6.10 Å². The van der Waals surface area contributed by atoms with Crippen LogP contribution in [0.3, 0.4) is 0 Å². The smallest absolute Gasteiger partial charge is 0.0524 e. The molecule has 15 heavy (non-hydrogen) atoms. The lowest BCUT2D eigenvalue weighted by Crippen LogP contribution is -2.18. The van der Waals surface area contributed by atoms with Crippen LogP contribution in [-0.2, 0) is 6.54 Å². The Labute approximate surface area is 92.3 Å². The summed E-state index contributed by atoms with van der Waals surface area (Å²) in [5.41, 5.74) is 3.93. The molecule has 2 N–H and O–H groups in total. The molecule has 0 spiro atoms. The minimum Gasteiger partial charge on any atom is -0.393 e. The molecule has 2 heteroatoms. The highest BCUT2D eigenvalue weighted by Crippen LogP contribution is 2.08. The van der Waals surface area contributed by atoms with Gasteiger partial charge in [0.1, 0.15) is 0 Å². The van der Waals surface area contributed by atoms with E-state index in [1.54, 1.807) is 0 Å². The van der Waals surface area contributed by atoms with Crippen molar-refractivity contribution in [2.24, 2.45) is 0 Å². The van der Waals surface area contributed by atoms with Crippen molar-refractivity contribution in [1.82, 2.24) is 5.32 Å². The Bertz CT molecular complexity index is 287. The Morgan fingerprint density at radius 3 is 2.33 bits per heavy atom. The number of aliphatic hydroxyl groups excluding tert-OH is 1. The summed E-state index contributed by atoms with van der Waals surface area (Å²) in [5.74, 6) is 0. The van der Waals surface area contributed by atoms with Crippen molar-refractivity contribution in [2.75, 3.05) is 6.54 Å². The summed E-state index contributed by atoms with van der Waals surface area (Å²) in [7, 11) is 0. The second-order valence-corrected chi connectivity index (χ2v) is 4.31. The van der Waals surface area contributed by atoms with E-state index in [0.29, 0.717) is 0 Å². The van der Waals surface area contributed by atoms with Gasteiger partial charge in [0.05, 0.1) is 6.10 Å². The summed E-state index contributed by atoms with van der Waals surface area (Å²) in [6, 6.07) is 6.57. The quantitative estimate of drug-likeness (QED) is 0.725. The van der Waals surface area contributed by atoms with Crippen molar-refractivity contribution in [3.8, 4) is 0 Å². The maximum absolute atomic E-state index is 9.10. The molecule has 0 saturated heterocycles. The highest BCUT2D eigenvalue weighted by atomic mass is 16.3. The Morgan fingerprint density at radius 1 is 1.20 bits per heavy atom. The lowest BCUT2D eigenvalue weighted by atomic mass is 10.1. The first-order valence-corrected chi connectivity index (χ1v) is 5.54. The predicted molar refractivity (Wildman–Crippen MR) is 63.9 cm³/mol. The second-order valence-electron chi connectivity index (χ2n) is 4.31. The van der Waals surface area contributed by atoms with E-state index in [4.69, 9.17) is 5.11 Å². The minimum absolute atomic E-state index is 0.211. The third-order valence-corrected chi connectivity index (χ3v) is 2.35. The van der Waals surface area contributed by atoms with Gasteiger partial charge in [-0.1, -0.05) is 29.3 Å². The van der Waals surface area contributed by atoms with Crippen LogP contribution >= 0.6 is 0 Å². The molecular formula is C13H21NO. The van der Waals surface area contributed by atoms with E-state index in [2.05, 4.69) is 37.4 Å². The van der Waals surface area contributed by atoms with Gasteiger partial charge in [0.15, 0.2) is 0 Å². The molecule has 1 aromatic carbocycles. The fourth-order valence-electron chi connectivity index (χ4n) is 1.71. The molecule has 1 atom stereocenters. The summed E-state index contributed by atoms with van der Waals surface area (Å²) >= 11 is 0. The summed E-state index contributed by atoms with van der Waals surface area (Å²) < 4.78 is 0. The third kappa shape index (κ3) is 4.96. The number of hydrogen-bond donors (Lipinski definition) is 2. The summed E-state index contributed by atoms with van der Waals surface area (Å²) in [6.45, 7) is 7.80. The van der Waals surface area contributed by atoms with Gasteiger partial charge in [-0.15, -0.1) is 0 Å². The summed E-state index contributed by atoms with van der Waals surface area (Å²) in [5, 5.41) is 12.4. The van der Waals surface area contributed by atoms with E-state index < -0.39 is 0 Å². The molecule has 0 unspecified atom stereocenters. The first-order chi connectivity index (χ1) is 7.08. The highest BCUT2D eigenvalue weighted by Gasteiger charge is 1.97. The van der Waals surface area contributed by atoms with Crippen LogP contribution in [0.15, 0.2) is 18.2 Å². The maximum Gasteiger partial charge on any atom is 0.0524 e. The average molecular weight is 207 g/mol. The zero-order valence-corrected chi connectivity index (χ0v) is 9.88. The minimum atomic E-state index is -0.211. The number of aryl methyl sites for hydroxylation is 2. The van der Waals surface area contributed by atoms with Crippen molar-refractivity contribution >= 4 is 0 Å². The summed E-state index contributed by atoms with van der Waals surface area (Å²) in [4.78, 5) is 0. The molecule has 1 aromatic rings. The predicted octanol–water partition coefficient (Wildman–Crippen LogP) is 2.16. The first kappa shape index (κ1) is 12.2. The van der Waals surface area contributed by atoms with Gasteiger partial charge in [0.2, 0.25) is 0 Å². The Hall–Kier alpha value is -0.860. The van der Waals surface area contributed by atoms with Crippen molar-refractivity contribution in [3.05, 3.63) is 34.9 Å². The van der Waals surface area contributed by atoms with Gasteiger partial charge in [-0.25, -0.2) is 0 Å². The van der Waals surface area contributed by atoms with Crippen LogP contribution in [0.1, 0.15) is 30.0 Å². The van der Waals surface area contributed by atoms with Crippen LogP contribution in [-0.4, -0.2) is 17.8 Å². The molecule has 1 rings (SSSR count). The van der Waals surface area contributed by atoms with E-state index >= 15 is 0 Å². The molecule has 0 aromatic heterocycles. The largest absolute Gasteiger partial charge is 0.393 e. The fourth-order valence-corrected chi connectivity index (χ4v) is 1.71. The molecule has 0 bridgehead atoms. The first-order valence-electron chi connectivity index (χ1n) is 5.54. The standard InChI is InChI=1S/C13H21NO/c1-10-6-11(2)8-13(7-10)9-14-5-4-12(3)15/h6-8,12,14-15H,4-5,9H2,1-3H3/t12-/m0/s1. The fraction of sp³-hybridized carbons (Fsp3) is 0.538. The van der Waals surface area contributed by atoms with Gasteiger partial charge >= 0.3 is 0 Å². The molecule has 0 aliphatic carbocycles. The number of hydrogen-bond acceptors (Lipinski definition) is 2. The van der Waals surface area contributed by atoms with Gasteiger partial charge in [0, 0.05) is 6.54 Å². The number of nitrogens with one attached hydrogen (secondary N) is 1. The van der Waals surface area contributed by atoms with Crippen LogP contribution in [0, 0.1) is 13.8 Å². The van der Waals surface area contributed by atoms with Gasteiger partial charge in [-0.3, -0.25) is 0 Å².